The SMILES string of the molecule is COc1cccc(C(O)CN(C)C(=O)CCCC(=O)c2ccccc2)c1. The van der Waals surface area contributed by atoms with Crippen LogP contribution in [-0.2, 0) is 4.79 Å². The van der Waals surface area contributed by atoms with Crippen molar-refractivity contribution in [3.05, 3.63) is 65.7 Å². The number of aliphatic hydroxyl groups is 1. The molecule has 0 aliphatic heterocycles. The van der Waals surface area contributed by atoms with Crippen molar-refractivity contribution in [3.8, 4) is 5.75 Å². The standard InChI is InChI=1S/C21H25NO4/c1-22(15-20(24)17-10-6-11-18(14-17)26-2)21(25)13-7-12-19(23)16-8-4-3-5-9-16/h3-6,8-11,14,20,24H,7,12-13,15H2,1-2H3. The minimum Gasteiger partial charge on any atom is -0.497 e. The van der Waals surface area contributed by atoms with Crippen LogP contribution in [0.25, 0.3) is 0 Å². The van der Waals surface area contributed by atoms with Gasteiger partial charge in [-0.1, -0.05) is 42.5 Å². The van der Waals surface area contributed by atoms with E-state index < -0.39 is 6.10 Å². The van der Waals surface area contributed by atoms with Crippen LogP contribution in [0.1, 0.15) is 41.3 Å². The fourth-order valence-corrected chi connectivity index (χ4v) is 2.67. The molecule has 0 aliphatic rings. The summed E-state index contributed by atoms with van der Waals surface area (Å²) in [5.41, 5.74) is 1.37. The van der Waals surface area contributed by atoms with Crippen molar-refractivity contribution in [2.45, 2.75) is 25.4 Å². The number of benzene rings is 2. The first-order valence-corrected chi connectivity index (χ1v) is 8.65. The lowest BCUT2D eigenvalue weighted by atomic mass is 10.1. The van der Waals surface area contributed by atoms with Crippen LogP contribution in [0.4, 0.5) is 0 Å². The number of methoxy groups -OCH3 is 1. The lowest BCUT2D eigenvalue weighted by Crippen LogP contribution is -2.31. The molecule has 138 valence electrons. The number of ketones is 1. The van der Waals surface area contributed by atoms with E-state index in [2.05, 4.69) is 0 Å². The summed E-state index contributed by atoms with van der Waals surface area (Å²) in [6.07, 6.45) is 0.318. The van der Waals surface area contributed by atoms with Gasteiger partial charge in [-0.15, -0.1) is 0 Å². The maximum Gasteiger partial charge on any atom is 0.222 e. The van der Waals surface area contributed by atoms with Crippen molar-refractivity contribution < 1.29 is 19.4 Å². The molecule has 26 heavy (non-hydrogen) atoms. The number of amides is 1. The number of hydrogen-bond acceptors (Lipinski definition) is 4. The monoisotopic (exact) mass is 355 g/mol. The summed E-state index contributed by atoms with van der Waals surface area (Å²) in [5, 5.41) is 10.3. The Balaban J connectivity index is 1.79. The van der Waals surface area contributed by atoms with Crippen LogP contribution in [0.5, 0.6) is 5.75 Å². The second-order valence-electron chi connectivity index (χ2n) is 6.21. The fraction of sp³-hybridized carbons (Fsp3) is 0.333. The van der Waals surface area contributed by atoms with E-state index >= 15 is 0 Å². The van der Waals surface area contributed by atoms with Gasteiger partial charge in [-0.3, -0.25) is 9.59 Å². The van der Waals surface area contributed by atoms with Crippen LogP contribution in [-0.4, -0.2) is 42.4 Å². The molecule has 0 bridgehead atoms. The number of carbonyl (C=O) groups excluding carboxylic acids is 2. The molecule has 0 aliphatic carbocycles. The topological polar surface area (TPSA) is 66.8 Å². The molecule has 2 rings (SSSR count). The molecule has 2 aromatic rings. The first kappa shape index (κ1) is 19.7. The first-order chi connectivity index (χ1) is 12.5. The minimum absolute atomic E-state index is 0.0393. The fourth-order valence-electron chi connectivity index (χ4n) is 2.67. The molecule has 5 heteroatoms. The molecular weight excluding hydrogens is 330 g/mol. The van der Waals surface area contributed by atoms with Gasteiger partial charge in [0.1, 0.15) is 5.75 Å². The Morgan fingerprint density at radius 1 is 1.08 bits per heavy atom. The Morgan fingerprint density at radius 3 is 2.50 bits per heavy atom. The van der Waals surface area contributed by atoms with Gasteiger partial charge in [-0.2, -0.15) is 0 Å². The molecule has 1 unspecified atom stereocenters. The molecular formula is C21H25NO4. The number of Topliss-reactive ketones (excluding diaryl/α,β-unsaturated/α-hetero) is 1. The number of rotatable bonds is 9. The average Bonchev–Trinajstić information content (AvgIpc) is 2.68. The molecule has 0 fully saturated rings. The molecule has 1 atom stereocenters. The van der Waals surface area contributed by atoms with E-state index in [1.165, 1.54) is 4.90 Å². The highest BCUT2D eigenvalue weighted by Crippen LogP contribution is 2.20. The van der Waals surface area contributed by atoms with Crippen molar-refractivity contribution in [1.29, 1.82) is 0 Å². The van der Waals surface area contributed by atoms with Gasteiger partial charge in [0.25, 0.3) is 0 Å². The van der Waals surface area contributed by atoms with Crippen LogP contribution in [0.3, 0.4) is 0 Å². The lowest BCUT2D eigenvalue weighted by Gasteiger charge is -2.21. The summed E-state index contributed by atoms with van der Waals surface area (Å²) < 4.78 is 5.15. The van der Waals surface area contributed by atoms with E-state index in [0.717, 1.165) is 0 Å². The molecule has 1 N–H and O–H groups in total. The lowest BCUT2D eigenvalue weighted by molar-refractivity contribution is -0.131. The summed E-state index contributed by atoms with van der Waals surface area (Å²) in [7, 11) is 3.22. The van der Waals surface area contributed by atoms with Crippen LogP contribution in [0, 0.1) is 0 Å². The Bertz CT molecular complexity index is 730. The van der Waals surface area contributed by atoms with Gasteiger partial charge in [-0.05, 0) is 24.1 Å². The van der Waals surface area contributed by atoms with E-state index in [9.17, 15) is 14.7 Å². The zero-order valence-corrected chi connectivity index (χ0v) is 15.2. The summed E-state index contributed by atoms with van der Waals surface area (Å²) in [6, 6.07) is 16.2. The second-order valence-corrected chi connectivity index (χ2v) is 6.21. The van der Waals surface area contributed by atoms with Gasteiger partial charge >= 0.3 is 0 Å². The van der Waals surface area contributed by atoms with Crippen molar-refractivity contribution in [2.24, 2.45) is 0 Å². The Labute approximate surface area is 154 Å². The third-order valence-electron chi connectivity index (χ3n) is 4.24. The molecule has 0 aromatic heterocycles. The van der Waals surface area contributed by atoms with Crippen molar-refractivity contribution >= 4 is 11.7 Å². The number of carbonyl (C=O) groups is 2. The number of nitrogens with zero attached hydrogens (tertiary/aromatic N) is 1. The molecule has 2 aromatic carbocycles. The molecule has 0 heterocycles. The predicted molar refractivity (Wildman–Crippen MR) is 100 cm³/mol. The van der Waals surface area contributed by atoms with E-state index in [0.29, 0.717) is 29.7 Å². The normalized spacial score (nSPS) is 11.7. The predicted octanol–water partition coefficient (Wildman–Crippen LogP) is 3.24. The van der Waals surface area contributed by atoms with E-state index in [-0.39, 0.29) is 24.7 Å². The maximum atomic E-state index is 12.2. The van der Waals surface area contributed by atoms with Crippen molar-refractivity contribution in [2.75, 3.05) is 20.7 Å². The second kappa shape index (κ2) is 9.73. The number of hydrogen-bond donors (Lipinski definition) is 1. The smallest absolute Gasteiger partial charge is 0.222 e. The molecule has 0 radical (unpaired) electrons. The van der Waals surface area contributed by atoms with Crippen LogP contribution in [0.15, 0.2) is 54.6 Å². The van der Waals surface area contributed by atoms with E-state index in [1.54, 1.807) is 50.6 Å². The number of aliphatic hydroxyl groups excluding tert-OH is 1. The van der Waals surface area contributed by atoms with Gasteiger partial charge in [0.2, 0.25) is 5.91 Å². The Kier molecular flexibility index (Phi) is 7.36. The van der Waals surface area contributed by atoms with Gasteiger partial charge < -0.3 is 14.7 Å². The van der Waals surface area contributed by atoms with E-state index in [1.807, 2.05) is 18.2 Å². The minimum atomic E-state index is -0.787. The highest BCUT2D eigenvalue weighted by Gasteiger charge is 2.16. The summed E-state index contributed by atoms with van der Waals surface area (Å²) in [4.78, 5) is 25.8. The number of likely N-dealkylation sites (N-methyl/N-ethyl adjacent to an activating group) is 1. The first-order valence-electron chi connectivity index (χ1n) is 8.65. The number of ether oxygens (including phenoxy) is 1. The zero-order valence-electron chi connectivity index (χ0n) is 15.2. The highest BCUT2D eigenvalue weighted by molar-refractivity contribution is 5.96. The van der Waals surface area contributed by atoms with Crippen LogP contribution in [0.2, 0.25) is 0 Å². The van der Waals surface area contributed by atoms with Crippen molar-refractivity contribution in [3.63, 3.8) is 0 Å². The third-order valence-corrected chi connectivity index (χ3v) is 4.24. The zero-order chi connectivity index (χ0) is 18.9. The molecule has 1 amide bonds. The maximum absolute atomic E-state index is 12.2. The van der Waals surface area contributed by atoms with Gasteiger partial charge in [-0.25, -0.2) is 0 Å². The molecule has 0 spiro atoms. The summed E-state index contributed by atoms with van der Waals surface area (Å²) >= 11 is 0. The Hall–Kier alpha value is -2.66. The average molecular weight is 355 g/mol. The van der Waals surface area contributed by atoms with Crippen LogP contribution >= 0.6 is 0 Å². The molecule has 0 saturated heterocycles. The van der Waals surface area contributed by atoms with Crippen molar-refractivity contribution in [1.82, 2.24) is 4.90 Å². The molecule has 0 saturated carbocycles. The van der Waals surface area contributed by atoms with E-state index in [4.69, 9.17) is 4.74 Å². The third kappa shape index (κ3) is 5.70. The Morgan fingerprint density at radius 2 is 1.81 bits per heavy atom. The summed E-state index contributed by atoms with van der Waals surface area (Å²) in [5.74, 6) is 0.611. The quantitative estimate of drug-likeness (QED) is 0.701. The summed E-state index contributed by atoms with van der Waals surface area (Å²) in [6.45, 7) is 0.193. The molecule has 5 nitrogen and oxygen atoms in total. The largest absolute Gasteiger partial charge is 0.497 e. The van der Waals surface area contributed by atoms with Gasteiger partial charge in [0, 0.05) is 25.5 Å². The van der Waals surface area contributed by atoms with Crippen LogP contribution < -0.4 is 4.74 Å². The van der Waals surface area contributed by atoms with Gasteiger partial charge in [0.05, 0.1) is 19.8 Å². The van der Waals surface area contributed by atoms with Gasteiger partial charge in [0.15, 0.2) is 5.78 Å². The highest BCUT2D eigenvalue weighted by atomic mass is 16.5.